The number of nitrogens with one attached hydrogen (secondary N) is 1. The minimum atomic E-state index is -0.357. The molecule has 0 bridgehead atoms. The minimum Gasteiger partial charge on any atom is -0.497 e. The summed E-state index contributed by atoms with van der Waals surface area (Å²) in [5, 5.41) is 2.84. The van der Waals surface area contributed by atoms with Crippen molar-refractivity contribution in [3.8, 4) is 5.75 Å². The lowest BCUT2D eigenvalue weighted by Gasteiger charge is -2.34. The third-order valence-corrected chi connectivity index (χ3v) is 2.94. The Hall–Kier alpha value is -1.71. The summed E-state index contributed by atoms with van der Waals surface area (Å²) in [6.07, 6.45) is 0.412. The molecule has 0 spiro atoms. The Bertz CT molecular complexity index is 388. The number of benzene rings is 1. The summed E-state index contributed by atoms with van der Waals surface area (Å²) in [5.74, 6) is 0.811. The van der Waals surface area contributed by atoms with Crippen LogP contribution in [0.15, 0.2) is 24.3 Å². The van der Waals surface area contributed by atoms with Crippen LogP contribution in [0.2, 0.25) is 0 Å². The molecule has 86 valence electrons. The maximum atomic E-state index is 11.2. The number of amides is 1. The molecule has 1 aromatic carbocycles. The van der Waals surface area contributed by atoms with Crippen LogP contribution in [0.5, 0.6) is 5.75 Å². The Morgan fingerprint density at radius 1 is 1.38 bits per heavy atom. The van der Waals surface area contributed by atoms with E-state index in [2.05, 4.69) is 5.32 Å². The van der Waals surface area contributed by atoms with Crippen molar-refractivity contribution < 1.29 is 14.3 Å². The highest BCUT2D eigenvalue weighted by Gasteiger charge is 2.32. The van der Waals surface area contributed by atoms with E-state index in [1.165, 1.54) is 0 Å². The van der Waals surface area contributed by atoms with Gasteiger partial charge in [-0.25, -0.2) is 4.79 Å². The van der Waals surface area contributed by atoms with Crippen LogP contribution in [0.4, 0.5) is 4.79 Å². The standard InChI is InChI=1S/C12H15NO3/c1-12(7-8-16-11(14)13-12)9-3-5-10(15-2)6-4-9/h3-6H,7-8H2,1-2H3,(H,13,14). The van der Waals surface area contributed by atoms with Gasteiger partial charge in [-0.2, -0.15) is 0 Å². The van der Waals surface area contributed by atoms with Crippen molar-refractivity contribution in [2.75, 3.05) is 13.7 Å². The molecule has 2 rings (SSSR count). The quantitative estimate of drug-likeness (QED) is 0.831. The molecular formula is C12H15NO3. The highest BCUT2D eigenvalue weighted by Crippen LogP contribution is 2.28. The van der Waals surface area contributed by atoms with E-state index < -0.39 is 0 Å². The molecule has 0 saturated carbocycles. The highest BCUT2D eigenvalue weighted by atomic mass is 16.6. The molecule has 1 N–H and O–H groups in total. The summed E-state index contributed by atoms with van der Waals surface area (Å²) in [4.78, 5) is 11.2. The van der Waals surface area contributed by atoms with Crippen molar-refractivity contribution in [3.05, 3.63) is 29.8 Å². The van der Waals surface area contributed by atoms with Crippen LogP contribution in [-0.2, 0) is 10.3 Å². The molecule has 0 aliphatic carbocycles. The predicted molar refractivity (Wildman–Crippen MR) is 59.4 cm³/mol. The zero-order chi connectivity index (χ0) is 11.6. The van der Waals surface area contributed by atoms with Gasteiger partial charge < -0.3 is 14.8 Å². The van der Waals surface area contributed by atoms with Crippen molar-refractivity contribution in [1.82, 2.24) is 5.32 Å². The number of rotatable bonds is 2. The lowest BCUT2D eigenvalue weighted by Crippen LogP contribution is -2.48. The van der Waals surface area contributed by atoms with Crippen molar-refractivity contribution in [3.63, 3.8) is 0 Å². The van der Waals surface area contributed by atoms with Crippen molar-refractivity contribution in [1.29, 1.82) is 0 Å². The van der Waals surface area contributed by atoms with E-state index in [-0.39, 0.29) is 11.6 Å². The van der Waals surface area contributed by atoms with Gasteiger partial charge in [0.15, 0.2) is 0 Å². The summed E-state index contributed by atoms with van der Waals surface area (Å²) >= 11 is 0. The lowest BCUT2D eigenvalue weighted by molar-refractivity contribution is 0.0916. The molecule has 16 heavy (non-hydrogen) atoms. The average Bonchev–Trinajstić information content (AvgIpc) is 2.29. The van der Waals surface area contributed by atoms with Crippen LogP contribution in [0.25, 0.3) is 0 Å². The second-order valence-electron chi connectivity index (χ2n) is 4.07. The van der Waals surface area contributed by atoms with Crippen molar-refractivity contribution in [2.45, 2.75) is 18.9 Å². The first-order valence-corrected chi connectivity index (χ1v) is 5.23. The number of hydrogen-bond acceptors (Lipinski definition) is 3. The number of alkyl carbamates (subject to hydrolysis) is 1. The van der Waals surface area contributed by atoms with Gasteiger partial charge >= 0.3 is 6.09 Å². The van der Waals surface area contributed by atoms with Gasteiger partial charge in [0.2, 0.25) is 0 Å². The first kappa shape index (κ1) is 10.8. The molecule has 1 aromatic rings. The number of cyclic esters (lactones) is 1. The van der Waals surface area contributed by atoms with Crippen molar-refractivity contribution >= 4 is 6.09 Å². The Kier molecular flexibility index (Phi) is 2.73. The summed E-state index contributed by atoms with van der Waals surface area (Å²) < 4.78 is 9.96. The molecule has 4 heteroatoms. The van der Waals surface area contributed by atoms with E-state index in [9.17, 15) is 4.79 Å². The number of methoxy groups -OCH3 is 1. The van der Waals surface area contributed by atoms with E-state index in [4.69, 9.17) is 9.47 Å². The third-order valence-electron chi connectivity index (χ3n) is 2.94. The van der Waals surface area contributed by atoms with E-state index in [1.807, 2.05) is 31.2 Å². The van der Waals surface area contributed by atoms with Gasteiger partial charge in [-0.3, -0.25) is 0 Å². The molecule has 0 radical (unpaired) electrons. The summed E-state index contributed by atoms with van der Waals surface area (Å²) in [6.45, 7) is 2.45. The van der Waals surface area contributed by atoms with Crippen LogP contribution < -0.4 is 10.1 Å². The normalized spacial score (nSPS) is 24.5. The Balaban J connectivity index is 2.24. The SMILES string of the molecule is COc1ccc(C2(C)CCOC(=O)N2)cc1. The number of carbonyl (C=O) groups excluding carboxylic acids is 1. The van der Waals surface area contributed by atoms with E-state index in [0.29, 0.717) is 6.61 Å². The first-order valence-electron chi connectivity index (χ1n) is 5.23. The van der Waals surface area contributed by atoms with Gasteiger partial charge in [-0.15, -0.1) is 0 Å². The predicted octanol–water partition coefficient (Wildman–Crippen LogP) is 2.04. The summed E-state index contributed by atoms with van der Waals surface area (Å²) in [7, 11) is 1.63. The molecule has 1 aliphatic rings. The second kappa shape index (κ2) is 4.04. The number of carbonyl (C=O) groups is 1. The van der Waals surface area contributed by atoms with Crippen LogP contribution in [-0.4, -0.2) is 19.8 Å². The summed E-state index contributed by atoms with van der Waals surface area (Å²) in [5.41, 5.74) is 0.715. The Morgan fingerprint density at radius 3 is 2.62 bits per heavy atom. The number of ether oxygens (including phenoxy) is 2. The number of hydrogen-bond donors (Lipinski definition) is 1. The molecule has 1 atom stereocenters. The van der Waals surface area contributed by atoms with Crippen molar-refractivity contribution in [2.24, 2.45) is 0 Å². The van der Waals surface area contributed by atoms with E-state index in [1.54, 1.807) is 7.11 Å². The zero-order valence-corrected chi connectivity index (χ0v) is 9.45. The second-order valence-corrected chi connectivity index (χ2v) is 4.07. The fourth-order valence-electron chi connectivity index (χ4n) is 1.85. The molecule has 4 nitrogen and oxygen atoms in total. The average molecular weight is 221 g/mol. The largest absolute Gasteiger partial charge is 0.497 e. The fraction of sp³-hybridized carbons (Fsp3) is 0.417. The highest BCUT2D eigenvalue weighted by molar-refractivity contribution is 5.69. The zero-order valence-electron chi connectivity index (χ0n) is 9.45. The molecule has 1 saturated heterocycles. The lowest BCUT2D eigenvalue weighted by atomic mass is 9.88. The van der Waals surface area contributed by atoms with Gasteiger partial charge in [0.1, 0.15) is 5.75 Å². The Morgan fingerprint density at radius 2 is 2.06 bits per heavy atom. The first-order chi connectivity index (χ1) is 7.64. The van der Waals surface area contributed by atoms with Gasteiger partial charge in [-0.1, -0.05) is 12.1 Å². The summed E-state index contributed by atoms with van der Waals surface area (Å²) in [6, 6.07) is 7.71. The molecule has 1 amide bonds. The molecule has 1 heterocycles. The molecule has 1 fully saturated rings. The fourth-order valence-corrected chi connectivity index (χ4v) is 1.85. The van der Waals surface area contributed by atoms with E-state index >= 15 is 0 Å². The smallest absolute Gasteiger partial charge is 0.407 e. The van der Waals surface area contributed by atoms with E-state index in [0.717, 1.165) is 17.7 Å². The third kappa shape index (κ3) is 1.96. The van der Waals surface area contributed by atoms with Crippen LogP contribution in [0, 0.1) is 0 Å². The minimum absolute atomic E-state index is 0.346. The van der Waals surface area contributed by atoms with Crippen LogP contribution >= 0.6 is 0 Å². The molecule has 0 aromatic heterocycles. The topological polar surface area (TPSA) is 47.6 Å². The van der Waals surface area contributed by atoms with Gasteiger partial charge in [0.25, 0.3) is 0 Å². The van der Waals surface area contributed by atoms with Gasteiger partial charge in [0, 0.05) is 6.42 Å². The Labute approximate surface area is 94.6 Å². The van der Waals surface area contributed by atoms with Crippen LogP contribution in [0.3, 0.4) is 0 Å². The maximum Gasteiger partial charge on any atom is 0.407 e. The molecule has 1 unspecified atom stereocenters. The maximum absolute atomic E-state index is 11.2. The van der Waals surface area contributed by atoms with Gasteiger partial charge in [0.05, 0.1) is 19.3 Å². The monoisotopic (exact) mass is 221 g/mol. The van der Waals surface area contributed by atoms with Crippen LogP contribution in [0.1, 0.15) is 18.9 Å². The molecular weight excluding hydrogens is 206 g/mol. The molecule has 1 aliphatic heterocycles. The van der Waals surface area contributed by atoms with Gasteiger partial charge in [-0.05, 0) is 24.6 Å².